The summed E-state index contributed by atoms with van der Waals surface area (Å²) in [6.07, 6.45) is 6.50. The van der Waals surface area contributed by atoms with Gasteiger partial charge in [-0.1, -0.05) is 18.5 Å². The molecule has 3 rings (SSSR count). The summed E-state index contributed by atoms with van der Waals surface area (Å²) in [4.78, 5) is 14.6. The van der Waals surface area contributed by atoms with Gasteiger partial charge in [-0.05, 0) is 38.1 Å². The van der Waals surface area contributed by atoms with Crippen molar-refractivity contribution in [1.29, 1.82) is 0 Å². The van der Waals surface area contributed by atoms with E-state index in [1.54, 1.807) is 6.20 Å². The number of aryl methyl sites for hydroxylation is 1. The lowest BCUT2D eigenvalue weighted by atomic mass is 10.1. The van der Waals surface area contributed by atoms with Gasteiger partial charge in [0.05, 0.1) is 11.9 Å². The molecule has 2 fully saturated rings. The summed E-state index contributed by atoms with van der Waals surface area (Å²) in [5.41, 5.74) is 0.466. The molecule has 0 spiro atoms. The van der Waals surface area contributed by atoms with Crippen molar-refractivity contribution >= 4 is 17.3 Å². The first kappa shape index (κ1) is 14.9. The molecule has 21 heavy (non-hydrogen) atoms. The van der Waals surface area contributed by atoms with Gasteiger partial charge in [0, 0.05) is 25.7 Å². The average Bonchev–Trinajstić information content (AvgIpc) is 3.23. The van der Waals surface area contributed by atoms with Crippen LogP contribution in [0.25, 0.3) is 0 Å². The molecule has 1 N–H and O–H groups in total. The second kappa shape index (κ2) is 6.36. The van der Waals surface area contributed by atoms with Crippen LogP contribution in [0.15, 0.2) is 11.0 Å². The van der Waals surface area contributed by atoms with E-state index >= 15 is 0 Å². The molecule has 1 saturated heterocycles. The van der Waals surface area contributed by atoms with E-state index in [0.29, 0.717) is 18.2 Å². The van der Waals surface area contributed by atoms with E-state index in [0.717, 1.165) is 25.6 Å². The Labute approximate surface area is 130 Å². The Balaban J connectivity index is 1.58. The fraction of sp³-hybridized carbons (Fsp3) is 0.733. The van der Waals surface area contributed by atoms with E-state index in [1.807, 2.05) is 6.92 Å². The molecular weight excluding hydrogens is 288 g/mol. The second-order valence-electron chi connectivity index (χ2n) is 6.16. The molecule has 0 amide bonds. The number of hydrogen-bond acceptors (Lipinski definition) is 4. The highest BCUT2D eigenvalue weighted by Crippen LogP contribution is 2.31. The predicted octanol–water partition coefficient (Wildman–Crippen LogP) is 2.20. The Hall–Kier alpha value is -1.07. The molecule has 1 saturated carbocycles. The molecule has 0 bridgehead atoms. The maximum absolute atomic E-state index is 12.0. The number of aromatic nitrogens is 2. The Morgan fingerprint density at radius 3 is 2.95 bits per heavy atom. The molecule has 1 aliphatic carbocycles. The summed E-state index contributed by atoms with van der Waals surface area (Å²) < 4.78 is 1.43. The number of nitrogens with one attached hydrogen (secondary N) is 1. The van der Waals surface area contributed by atoms with Gasteiger partial charge in [-0.2, -0.15) is 5.10 Å². The molecule has 116 valence electrons. The zero-order valence-electron chi connectivity index (χ0n) is 12.5. The first-order valence-electron chi connectivity index (χ1n) is 7.92. The third kappa shape index (κ3) is 3.40. The van der Waals surface area contributed by atoms with E-state index in [9.17, 15) is 4.79 Å². The summed E-state index contributed by atoms with van der Waals surface area (Å²) in [5, 5.41) is 7.74. The summed E-state index contributed by atoms with van der Waals surface area (Å²) in [6, 6.07) is 0.846. The van der Waals surface area contributed by atoms with Crippen LogP contribution in [0.3, 0.4) is 0 Å². The third-order valence-electron chi connectivity index (χ3n) is 4.38. The zero-order valence-corrected chi connectivity index (χ0v) is 13.3. The molecule has 5 nitrogen and oxygen atoms in total. The number of halogens is 1. The third-order valence-corrected chi connectivity index (χ3v) is 4.75. The molecule has 6 heteroatoms. The first-order chi connectivity index (χ1) is 10.2. The molecule has 0 aromatic carbocycles. The van der Waals surface area contributed by atoms with Gasteiger partial charge in [0.1, 0.15) is 5.02 Å². The number of rotatable bonds is 6. The van der Waals surface area contributed by atoms with Crippen molar-refractivity contribution in [3.63, 3.8) is 0 Å². The van der Waals surface area contributed by atoms with Crippen molar-refractivity contribution in [2.45, 2.75) is 45.2 Å². The SMILES string of the molecule is CCCn1ncc(NCC2CCN(C3CC3)C2)c(Cl)c1=O. The molecule has 2 heterocycles. The molecule has 1 aromatic heterocycles. The Kier molecular flexibility index (Phi) is 4.50. The van der Waals surface area contributed by atoms with Crippen LogP contribution < -0.4 is 10.9 Å². The van der Waals surface area contributed by atoms with Gasteiger partial charge in [0.25, 0.3) is 5.56 Å². The molecule has 0 radical (unpaired) electrons. The predicted molar refractivity (Wildman–Crippen MR) is 85.0 cm³/mol. The Morgan fingerprint density at radius 1 is 1.43 bits per heavy atom. The lowest BCUT2D eigenvalue weighted by Crippen LogP contribution is -2.26. The number of likely N-dealkylation sites (tertiary alicyclic amines) is 1. The quantitative estimate of drug-likeness (QED) is 0.875. The topological polar surface area (TPSA) is 50.2 Å². The normalized spacial score (nSPS) is 22.7. The zero-order chi connectivity index (χ0) is 14.8. The summed E-state index contributed by atoms with van der Waals surface area (Å²) in [5.74, 6) is 0.639. The second-order valence-corrected chi connectivity index (χ2v) is 6.54. The van der Waals surface area contributed by atoms with E-state index in [-0.39, 0.29) is 10.6 Å². The van der Waals surface area contributed by atoms with Gasteiger partial charge in [0.2, 0.25) is 0 Å². The van der Waals surface area contributed by atoms with E-state index < -0.39 is 0 Å². The van der Waals surface area contributed by atoms with Crippen LogP contribution >= 0.6 is 11.6 Å². The van der Waals surface area contributed by atoms with Gasteiger partial charge in [0.15, 0.2) is 0 Å². The molecular formula is C15H23ClN4O. The smallest absolute Gasteiger partial charge is 0.287 e. The number of nitrogens with zero attached hydrogens (tertiary/aromatic N) is 3. The summed E-state index contributed by atoms with van der Waals surface area (Å²) in [7, 11) is 0. The van der Waals surface area contributed by atoms with Crippen molar-refractivity contribution in [2.75, 3.05) is 25.0 Å². The minimum Gasteiger partial charge on any atom is -0.382 e. The Bertz CT molecular complexity index is 555. The number of anilines is 1. The van der Waals surface area contributed by atoms with Crippen LogP contribution in [0.2, 0.25) is 5.02 Å². The van der Waals surface area contributed by atoms with Crippen molar-refractivity contribution in [3.8, 4) is 0 Å². The fourth-order valence-electron chi connectivity index (χ4n) is 3.01. The highest BCUT2D eigenvalue weighted by atomic mass is 35.5. The molecule has 2 aliphatic rings. The molecule has 1 aromatic rings. The summed E-state index contributed by atoms with van der Waals surface area (Å²) in [6.45, 7) is 5.86. The van der Waals surface area contributed by atoms with Crippen molar-refractivity contribution in [2.24, 2.45) is 5.92 Å². The van der Waals surface area contributed by atoms with Gasteiger partial charge >= 0.3 is 0 Å². The van der Waals surface area contributed by atoms with Crippen LogP contribution in [0.1, 0.15) is 32.6 Å². The maximum atomic E-state index is 12.0. The minimum atomic E-state index is -0.199. The van der Waals surface area contributed by atoms with Crippen molar-refractivity contribution in [1.82, 2.24) is 14.7 Å². The maximum Gasteiger partial charge on any atom is 0.287 e. The first-order valence-corrected chi connectivity index (χ1v) is 8.30. The van der Waals surface area contributed by atoms with Crippen molar-refractivity contribution < 1.29 is 0 Å². The molecule has 1 aliphatic heterocycles. The average molecular weight is 311 g/mol. The van der Waals surface area contributed by atoms with E-state index in [2.05, 4.69) is 15.3 Å². The van der Waals surface area contributed by atoms with Gasteiger partial charge in [-0.15, -0.1) is 0 Å². The van der Waals surface area contributed by atoms with Crippen molar-refractivity contribution in [3.05, 3.63) is 21.6 Å². The highest BCUT2D eigenvalue weighted by Gasteiger charge is 2.34. The number of hydrogen-bond donors (Lipinski definition) is 1. The fourth-order valence-corrected chi connectivity index (χ4v) is 3.23. The molecule has 1 unspecified atom stereocenters. The lowest BCUT2D eigenvalue weighted by molar-refractivity contribution is 0.316. The van der Waals surface area contributed by atoms with Crippen LogP contribution in [0, 0.1) is 5.92 Å². The highest BCUT2D eigenvalue weighted by molar-refractivity contribution is 6.32. The van der Waals surface area contributed by atoms with Crippen LogP contribution in [0.4, 0.5) is 5.69 Å². The minimum absolute atomic E-state index is 0.199. The standard InChI is InChI=1S/C15H23ClN4O/c1-2-6-20-15(21)14(16)13(9-18-20)17-8-11-5-7-19(10-11)12-3-4-12/h9,11-12,17H,2-8,10H2,1H3. The lowest BCUT2D eigenvalue weighted by Gasteiger charge is -2.16. The van der Waals surface area contributed by atoms with E-state index in [1.165, 1.54) is 30.5 Å². The van der Waals surface area contributed by atoms with Gasteiger partial charge in [-0.25, -0.2) is 4.68 Å². The largest absolute Gasteiger partial charge is 0.382 e. The van der Waals surface area contributed by atoms with E-state index in [4.69, 9.17) is 11.6 Å². The van der Waals surface area contributed by atoms with Crippen LogP contribution in [-0.2, 0) is 6.54 Å². The Morgan fingerprint density at radius 2 is 2.24 bits per heavy atom. The van der Waals surface area contributed by atoms with Crippen LogP contribution in [-0.4, -0.2) is 40.4 Å². The van der Waals surface area contributed by atoms with Gasteiger partial charge in [-0.3, -0.25) is 4.79 Å². The monoisotopic (exact) mass is 310 g/mol. The van der Waals surface area contributed by atoms with Crippen LogP contribution in [0.5, 0.6) is 0 Å². The summed E-state index contributed by atoms with van der Waals surface area (Å²) >= 11 is 6.16. The molecule has 1 atom stereocenters. The van der Waals surface area contributed by atoms with Gasteiger partial charge < -0.3 is 10.2 Å².